The molecule has 1 aromatic heterocycles. The van der Waals surface area contributed by atoms with Gasteiger partial charge in [0.2, 0.25) is 0 Å². The van der Waals surface area contributed by atoms with Crippen molar-refractivity contribution in [2.45, 2.75) is 0 Å². The molecule has 52 valence electrons. The molecule has 1 heterocycles. The van der Waals surface area contributed by atoms with E-state index in [1.54, 1.807) is 18.2 Å². The highest BCUT2D eigenvalue weighted by Gasteiger charge is 1.93. The van der Waals surface area contributed by atoms with Crippen LogP contribution in [0.25, 0.3) is 6.08 Å². The Hall–Kier alpha value is -1.02. The largest absolute Gasteiger partial charge is 0.384 e. The fraction of sp³-hybridized carbons (Fsp3) is 0. The van der Waals surface area contributed by atoms with E-state index < -0.39 is 0 Å². The van der Waals surface area contributed by atoms with Crippen LogP contribution in [0, 0.1) is 0 Å². The predicted molar refractivity (Wildman–Crippen MR) is 43.8 cm³/mol. The van der Waals surface area contributed by atoms with Gasteiger partial charge in [-0.3, -0.25) is 0 Å². The maximum Gasteiger partial charge on any atom is 0.132 e. The second-order valence-corrected chi connectivity index (χ2v) is 2.24. The topological polar surface area (TPSA) is 38.9 Å². The van der Waals surface area contributed by atoms with E-state index in [0.717, 1.165) is 5.56 Å². The minimum atomic E-state index is 0.398. The predicted octanol–water partition coefficient (Wildman–Crippen LogP) is 1.96. The standard InChI is InChI=1S/C7H7ClN2/c1-2-5-3-6(8)10-7(9)4-5/h2-4H,1H2,(H2,9,10). The fourth-order valence-electron chi connectivity index (χ4n) is 0.656. The Morgan fingerprint density at radius 3 is 2.80 bits per heavy atom. The van der Waals surface area contributed by atoms with Crippen LogP contribution in [0.15, 0.2) is 18.7 Å². The Bertz CT molecular complexity index is 238. The van der Waals surface area contributed by atoms with E-state index in [-0.39, 0.29) is 0 Å². The van der Waals surface area contributed by atoms with E-state index in [0.29, 0.717) is 11.0 Å². The molecule has 0 aromatic carbocycles. The highest BCUT2D eigenvalue weighted by atomic mass is 35.5. The summed E-state index contributed by atoms with van der Waals surface area (Å²) in [5, 5.41) is 0.398. The average molecular weight is 155 g/mol. The lowest BCUT2D eigenvalue weighted by atomic mass is 10.2. The first kappa shape index (κ1) is 7.09. The summed E-state index contributed by atoms with van der Waals surface area (Å²) >= 11 is 5.59. The molecule has 1 rings (SSSR count). The molecule has 0 aliphatic heterocycles. The first-order valence-electron chi connectivity index (χ1n) is 2.78. The van der Waals surface area contributed by atoms with E-state index in [1.807, 2.05) is 0 Å². The van der Waals surface area contributed by atoms with Crippen molar-refractivity contribution < 1.29 is 0 Å². The van der Waals surface area contributed by atoms with Gasteiger partial charge in [0.25, 0.3) is 0 Å². The van der Waals surface area contributed by atoms with Gasteiger partial charge in [0.15, 0.2) is 0 Å². The zero-order valence-corrected chi connectivity index (χ0v) is 6.10. The first-order chi connectivity index (χ1) is 4.72. The van der Waals surface area contributed by atoms with Crippen molar-refractivity contribution in [3.63, 3.8) is 0 Å². The molecule has 0 bridgehead atoms. The molecule has 0 aliphatic carbocycles. The monoisotopic (exact) mass is 154 g/mol. The second kappa shape index (κ2) is 2.71. The number of pyridine rings is 1. The van der Waals surface area contributed by atoms with Gasteiger partial charge in [0.05, 0.1) is 0 Å². The second-order valence-electron chi connectivity index (χ2n) is 1.85. The molecular formula is C7H7ClN2. The van der Waals surface area contributed by atoms with Crippen LogP contribution in [-0.2, 0) is 0 Å². The molecule has 0 aliphatic rings. The van der Waals surface area contributed by atoms with Gasteiger partial charge >= 0.3 is 0 Å². The minimum absolute atomic E-state index is 0.398. The number of halogens is 1. The summed E-state index contributed by atoms with van der Waals surface area (Å²) in [6.07, 6.45) is 1.67. The van der Waals surface area contributed by atoms with Crippen molar-refractivity contribution in [2.75, 3.05) is 5.73 Å². The molecule has 0 unspecified atom stereocenters. The molecular weight excluding hydrogens is 148 g/mol. The SMILES string of the molecule is C=Cc1cc(N)nc(Cl)c1. The Morgan fingerprint density at radius 1 is 1.60 bits per heavy atom. The van der Waals surface area contributed by atoms with Crippen LogP contribution in [0.1, 0.15) is 5.56 Å². The summed E-state index contributed by atoms with van der Waals surface area (Å²) in [6.45, 7) is 3.57. The molecule has 0 saturated carbocycles. The summed E-state index contributed by atoms with van der Waals surface area (Å²) in [7, 11) is 0. The molecule has 10 heavy (non-hydrogen) atoms. The highest BCUT2D eigenvalue weighted by molar-refractivity contribution is 6.29. The van der Waals surface area contributed by atoms with Crippen molar-refractivity contribution in [2.24, 2.45) is 0 Å². The molecule has 2 N–H and O–H groups in total. The van der Waals surface area contributed by atoms with Crippen molar-refractivity contribution in [1.82, 2.24) is 4.98 Å². The Kier molecular flexibility index (Phi) is 1.92. The quantitative estimate of drug-likeness (QED) is 0.628. The van der Waals surface area contributed by atoms with Gasteiger partial charge in [0.1, 0.15) is 11.0 Å². The fourth-order valence-corrected chi connectivity index (χ4v) is 0.879. The minimum Gasteiger partial charge on any atom is -0.384 e. The van der Waals surface area contributed by atoms with Gasteiger partial charge in [-0.05, 0) is 17.7 Å². The van der Waals surface area contributed by atoms with Crippen molar-refractivity contribution in [1.29, 1.82) is 0 Å². The number of hydrogen-bond donors (Lipinski definition) is 1. The molecule has 0 saturated heterocycles. The summed E-state index contributed by atoms with van der Waals surface area (Å²) in [5.74, 6) is 0.419. The maximum absolute atomic E-state index is 5.59. The Morgan fingerprint density at radius 2 is 2.30 bits per heavy atom. The lowest BCUT2D eigenvalue weighted by molar-refractivity contribution is 1.33. The first-order valence-corrected chi connectivity index (χ1v) is 3.15. The number of anilines is 1. The average Bonchev–Trinajstić information content (AvgIpc) is 1.85. The van der Waals surface area contributed by atoms with Crippen LogP contribution in [0.5, 0.6) is 0 Å². The van der Waals surface area contributed by atoms with Crippen LogP contribution in [0.4, 0.5) is 5.82 Å². The molecule has 1 aromatic rings. The number of aromatic nitrogens is 1. The van der Waals surface area contributed by atoms with Crippen LogP contribution < -0.4 is 5.73 Å². The van der Waals surface area contributed by atoms with Crippen LogP contribution in [-0.4, -0.2) is 4.98 Å². The van der Waals surface area contributed by atoms with Crippen LogP contribution in [0.3, 0.4) is 0 Å². The lowest BCUT2D eigenvalue weighted by Crippen LogP contribution is -1.90. The summed E-state index contributed by atoms with van der Waals surface area (Å²) in [5.41, 5.74) is 6.28. The maximum atomic E-state index is 5.59. The van der Waals surface area contributed by atoms with Crippen LogP contribution >= 0.6 is 11.6 Å². The Labute approximate surface area is 64.3 Å². The zero-order chi connectivity index (χ0) is 7.56. The van der Waals surface area contributed by atoms with Gasteiger partial charge in [0, 0.05) is 0 Å². The van der Waals surface area contributed by atoms with E-state index >= 15 is 0 Å². The molecule has 0 spiro atoms. The van der Waals surface area contributed by atoms with E-state index in [4.69, 9.17) is 17.3 Å². The summed E-state index contributed by atoms with van der Waals surface area (Å²) in [6, 6.07) is 3.41. The highest BCUT2D eigenvalue weighted by Crippen LogP contribution is 2.12. The summed E-state index contributed by atoms with van der Waals surface area (Å²) < 4.78 is 0. The third-order valence-electron chi connectivity index (χ3n) is 1.07. The summed E-state index contributed by atoms with van der Waals surface area (Å²) in [4.78, 5) is 3.78. The molecule has 0 fully saturated rings. The normalized spacial score (nSPS) is 9.30. The van der Waals surface area contributed by atoms with Gasteiger partial charge in [-0.2, -0.15) is 0 Å². The molecule has 3 heteroatoms. The zero-order valence-electron chi connectivity index (χ0n) is 5.34. The van der Waals surface area contributed by atoms with Crippen molar-refractivity contribution in [3.8, 4) is 0 Å². The number of rotatable bonds is 1. The van der Waals surface area contributed by atoms with Crippen molar-refractivity contribution >= 4 is 23.5 Å². The van der Waals surface area contributed by atoms with E-state index in [9.17, 15) is 0 Å². The number of hydrogen-bond acceptors (Lipinski definition) is 2. The lowest BCUT2D eigenvalue weighted by Gasteiger charge is -1.95. The molecule has 0 atom stereocenters. The van der Waals surface area contributed by atoms with E-state index in [2.05, 4.69) is 11.6 Å². The number of nitrogen functional groups attached to an aromatic ring is 1. The number of nitrogens with two attached hydrogens (primary N) is 1. The molecule has 0 amide bonds. The third kappa shape index (κ3) is 1.48. The van der Waals surface area contributed by atoms with Gasteiger partial charge in [-0.15, -0.1) is 0 Å². The van der Waals surface area contributed by atoms with Gasteiger partial charge < -0.3 is 5.73 Å². The smallest absolute Gasteiger partial charge is 0.132 e. The molecule has 0 radical (unpaired) electrons. The van der Waals surface area contributed by atoms with Gasteiger partial charge in [-0.1, -0.05) is 24.3 Å². The van der Waals surface area contributed by atoms with E-state index in [1.165, 1.54) is 0 Å². The number of nitrogens with zero attached hydrogens (tertiary/aromatic N) is 1. The third-order valence-corrected chi connectivity index (χ3v) is 1.27. The Balaban J connectivity index is 3.18. The van der Waals surface area contributed by atoms with Gasteiger partial charge in [-0.25, -0.2) is 4.98 Å². The molecule has 2 nitrogen and oxygen atoms in total. The van der Waals surface area contributed by atoms with Crippen molar-refractivity contribution in [3.05, 3.63) is 29.4 Å². The van der Waals surface area contributed by atoms with Crippen LogP contribution in [0.2, 0.25) is 5.15 Å².